The number of phenols is 2. The maximum absolute atomic E-state index is 10.2. The van der Waals surface area contributed by atoms with Crippen molar-refractivity contribution in [2.24, 2.45) is 0 Å². The van der Waals surface area contributed by atoms with Gasteiger partial charge in [-0.1, -0.05) is 30.3 Å². The molecule has 1 unspecified atom stereocenters. The summed E-state index contributed by atoms with van der Waals surface area (Å²) in [6.07, 6.45) is 0.991. The van der Waals surface area contributed by atoms with Crippen molar-refractivity contribution in [1.29, 1.82) is 0 Å². The SMILES string of the molecule is Oc1ccc(C(O)CNCc2nccc3ccccc23)cc1O. The van der Waals surface area contributed by atoms with Gasteiger partial charge in [-0.3, -0.25) is 4.98 Å². The molecule has 1 aromatic heterocycles. The molecule has 0 saturated carbocycles. The Hall–Kier alpha value is -2.63. The Bertz CT molecular complexity index is 815. The molecule has 0 saturated heterocycles. The first-order valence-electron chi connectivity index (χ1n) is 7.38. The highest BCUT2D eigenvalue weighted by atomic mass is 16.3. The van der Waals surface area contributed by atoms with Crippen molar-refractivity contribution >= 4 is 10.8 Å². The Labute approximate surface area is 133 Å². The maximum Gasteiger partial charge on any atom is 0.157 e. The number of pyridine rings is 1. The third kappa shape index (κ3) is 3.41. The number of aliphatic hydroxyl groups excluding tert-OH is 1. The van der Waals surface area contributed by atoms with E-state index in [2.05, 4.69) is 10.3 Å². The number of aromatic nitrogens is 1. The predicted molar refractivity (Wildman–Crippen MR) is 88.2 cm³/mol. The molecule has 118 valence electrons. The molecule has 23 heavy (non-hydrogen) atoms. The first-order valence-corrected chi connectivity index (χ1v) is 7.38. The maximum atomic E-state index is 10.2. The smallest absolute Gasteiger partial charge is 0.157 e. The van der Waals surface area contributed by atoms with Crippen molar-refractivity contribution in [3.05, 3.63) is 66.0 Å². The van der Waals surface area contributed by atoms with Crippen molar-refractivity contribution in [3.63, 3.8) is 0 Å². The summed E-state index contributed by atoms with van der Waals surface area (Å²) in [6.45, 7) is 0.845. The summed E-state index contributed by atoms with van der Waals surface area (Å²) in [4.78, 5) is 4.38. The van der Waals surface area contributed by atoms with Crippen molar-refractivity contribution in [2.75, 3.05) is 6.54 Å². The molecule has 1 atom stereocenters. The lowest BCUT2D eigenvalue weighted by Gasteiger charge is -2.13. The predicted octanol–water partition coefficient (Wildman–Crippen LogP) is 2.47. The van der Waals surface area contributed by atoms with E-state index < -0.39 is 6.10 Å². The average molecular weight is 310 g/mol. The Morgan fingerprint density at radius 3 is 2.65 bits per heavy atom. The summed E-state index contributed by atoms with van der Waals surface area (Å²) in [5.74, 6) is -0.439. The van der Waals surface area contributed by atoms with Crippen LogP contribution in [-0.2, 0) is 6.54 Å². The quantitative estimate of drug-likeness (QED) is 0.544. The molecule has 1 heterocycles. The fraction of sp³-hybridized carbons (Fsp3) is 0.167. The third-order valence-corrected chi connectivity index (χ3v) is 3.77. The summed E-state index contributed by atoms with van der Waals surface area (Å²) < 4.78 is 0. The molecule has 5 nitrogen and oxygen atoms in total. The van der Waals surface area contributed by atoms with Gasteiger partial charge in [0.15, 0.2) is 11.5 Å². The van der Waals surface area contributed by atoms with Crippen LogP contribution in [0.1, 0.15) is 17.4 Å². The Balaban J connectivity index is 1.65. The summed E-state index contributed by atoms with van der Waals surface area (Å²) in [6, 6.07) is 14.3. The number of nitrogens with zero attached hydrogens (tertiary/aromatic N) is 1. The van der Waals surface area contributed by atoms with Gasteiger partial charge >= 0.3 is 0 Å². The first kappa shape index (κ1) is 15.3. The van der Waals surface area contributed by atoms with Crippen molar-refractivity contribution in [1.82, 2.24) is 10.3 Å². The van der Waals surface area contributed by atoms with E-state index >= 15 is 0 Å². The molecular formula is C18H18N2O3. The van der Waals surface area contributed by atoms with Gasteiger partial charge in [-0.15, -0.1) is 0 Å². The number of phenolic OH excluding ortho intramolecular Hbond substituents is 2. The van der Waals surface area contributed by atoms with Crippen molar-refractivity contribution in [3.8, 4) is 11.5 Å². The Morgan fingerprint density at radius 2 is 1.83 bits per heavy atom. The summed E-state index contributed by atoms with van der Waals surface area (Å²) in [5, 5.41) is 34.3. The standard InChI is InChI=1S/C18H18N2O3/c21-16-6-5-13(9-17(16)22)18(23)11-19-10-15-14-4-2-1-3-12(14)7-8-20-15/h1-9,18-19,21-23H,10-11H2. The minimum Gasteiger partial charge on any atom is -0.504 e. The van der Waals surface area contributed by atoms with E-state index in [4.69, 9.17) is 0 Å². The molecule has 4 N–H and O–H groups in total. The second-order valence-electron chi connectivity index (χ2n) is 5.37. The fourth-order valence-electron chi connectivity index (χ4n) is 2.52. The summed E-state index contributed by atoms with van der Waals surface area (Å²) >= 11 is 0. The number of fused-ring (bicyclic) bond motifs is 1. The molecule has 5 heteroatoms. The normalized spacial score (nSPS) is 12.4. The number of aliphatic hydroxyl groups is 1. The van der Waals surface area contributed by atoms with E-state index in [-0.39, 0.29) is 11.5 Å². The van der Waals surface area contributed by atoms with E-state index in [1.165, 1.54) is 12.1 Å². The van der Waals surface area contributed by atoms with Gasteiger partial charge in [-0.05, 0) is 29.1 Å². The summed E-state index contributed by atoms with van der Waals surface area (Å²) in [7, 11) is 0. The molecule has 3 aromatic rings. The number of benzene rings is 2. The van der Waals surface area contributed by atoms with Crippen molar-refractivity contribution in [2.45, 2.75) is 12.6 Å². The molecule has 0 bridgehead atoms. The monoisotopic (exact) mass is 310 g/mol. The van der Waals surface area contributed by atoms with Crippen LogP contribution in [0.3, 0.4) is 0 Å². The van der Waals surface area contributed by atoms with Gasteiger partial charge in [0.2, 0.25) is 0 Å². The molecule has 2 aromatic carbocycles. The highest BCUT2D eigenvalue weighted by Gasteiger charge is 2.10. The van der Waals surface area contributed by atoms with Gasteiger partial charge in [-0.2, -0.15) is 0 Å². The second kappa shape index (κ2) is 6.64. The van der Waals surface area contributed by atoms with Crippen molar-refractivity contribution < 1.29 is 15.3 Å². The highest BCUT2D eigenvalue weighted by Crippen LogP contribution is 2.27. The zero-order chi connectivity index (χ0) is 16.2. The van der Waals surface area contributed by atoms with Crippen LogP contribution in [0.25, 0.3) is 10.8 Å². The lowest BCUT2D eigenvalue weighted by Crippen LogP contribution is -2.21. The Morgan fingerprint density at radius 1 is 1.00 bits per heavy atom. The molecule has 3 rings (SSSR count). The van der Waals surface area contributed by atoms with Gasteiger partial charge in [0.25, 0.3) is 0 Å². The first-order chi connectivity index (χ1) is 11.1. The molecule has 0 aliphatic rings. The third-order valence-electron chi connectivity index (χ3n) is 3.77. The molecule has 0 aliphatic carbocycles. The lowest BCUT2D eigenvalue weighted by atomic mass is 10.1. The van der Waals surface area contributed by atoms with E-state index in [1.807, 2.05) is 30.3 Å². The van der Waals surface area contributed by atoms with Gasteiger partial charge < -0.3 is 20.6 Å². The number of nitrogens with one attached hydrogen (secondary N) is 1. The van der Waals surface area contributed by atoms with Crippen LogP contribution in [0.4, 0.5) is 0 Å². The van der Waals surface area contributed by atoms with Gasteiger partial charge in [0, 0.05) is 24.7 Å². The van der Waals surface area contributed by atoms with Crippen LogP contribution in [0.5, 0.6) is 11.5 Å². The summed E-state index contributed by atoms with van der Waals surface area (Å²) in [5.41, 5.74) is 1.46. The molecule has 0 aliphatic heterocycles. The van der Waals surface area contributed by atoms with Crippen LogP contribution in [0.2, 0.25) is 0 Å². The molecule has 0 spiro atoms. The van der Waals surface area contributed by atoms with E-state index in [0.29, 0.717) is 18.7 Å². The minimum absolute atomic E-state index is 0.200. The fourth-order valence-corrected chi connectivity index (χ4v) is 2.52. The highest BCUT2D eigenvalue weighted by molar-refractivity contribution is 5.84. The number of hydrogen-bond donors (Lipinski definition) is 4. The number of aromatic hydroxyl groups is 2. The van der Waals surface area contributed by atoms with E-state index in [1.54, 1.807) is 12.3 Å². The van der Waals surface area contributed by atoms with Crippen LogP contribution < -0.4 is 5.32 Å². The largest absolute Gasteiger partial charge is 0.504 e. The lowest BCUT2D eigenvalue weighted by molar-refractivity contribution is 0.174. The van der Waals surface area contributed by atoms with E-state index in [0.717, 1.165) is 16.5 Å². The molecule has 0 radical (unpaired) electrons. The van der Waals surface area contributed by atoms with Crippen LogP contribution in [-0.4, -0.2) is 26.8 Å². The second-order valence-corrected chi connectivity index (χ2v) is 5.37. The molecule has 0 amide bonds. The van der Waals surface area contributed by atoms with Gasteiger partial charge in [0.05, 0.1) is 11.8 Å². The van der Waals surface area contributed by atoms with Crippen LogP contribution >= 0.6 is 0 Å². The molecule has 0 fully saturated rings. The number of hydrogen-bond acceptors (Lipinski definition) is 5. The minimum atomic E-state index is -0.781. The topological polar surface area (TPSA) is 85.6 Å². The molecular weight excluding hydrogens is 292 g/mol. The Kier molecular flexibility index (Phi) is 4.41. The van der Waals surface area contributed by atoms with Crippen LogP contribution in [0.15, 0.2) is 54.7 Å². The zero-order valence-electron chi connectivity index (χ0n) is 12.5. The zero-order valence-corrected chi connectivity index (χ0v) is 12.5. The number of rotatable bonds is 5. The van der Waals surface area contributed by atoms with Gasteiger partial charge in [0.1, 0.15) is 0 Å². The van der Waals surface area contributed by atoms with Crippen LogP contribution in [0, 0.1) is 0 Å². The van der Waals surface area contributed by atoms with E-state index in [9.17, 15) is 15.3 Å². The van der Waals surface area contributed by atoms with Gasteiger partial charge in [-0.25, -0.2) is 0 Å². The average Bonchev–Trinajstić information content (AvgIpc) is 2.57.